The maximum atomic E-state index is 8.32. The van der Waals surface area contributed by atoms with Crippen LogP contribution in [-0.4, -0.2) is 6.61 Å². The van der Waals surface area contributed by atoms with Crippen LogP contribution in [0, 0.1) is 11.3 Å². The Morgan fingerprint density at radius 1 is 1.36 bits per heavy atom. The fourth-order valence-electron chi connectivity index (χ4n) is 0.822. The molecule has 0 saturated carbocycles. The zero-order valence-corrected chi connectivity index (χ0v) is 10.2. The van der Waals surface area contributed by atoms with Crippen molar-refractivity contribution in [2.75, 3.05) is 6.61 Å². The monoisotopic (exact) mass is 293 g/mol. The first kappa shape index (κ1) is 11.6. The smallest absolute Gasteiger partial charge is 0.139 e. The molecule has 0 aromatic heterocycles. The van der Waals surface area contributed by atoms with Gasteiger partial charge in [-0.15, -0.1) is 0 Å². The van der Waals surface area contributed by atoms with Gasteiger partial charge < -0.3 is 4.74 Å². The fraction of sp³-hybridized carbons (Fsp3) is 0.222. The van der Waals surface area contributed by atoms with Gasteiger partial charge in [-0.3, -0.25) is 0 Å². The van der Waals surface area contributed by atoms with E-state index in [1.807, 2.05) is 6.07 Å². The molecular weight excluding hydrogens is 289 g/mol. The molecule has 1 aromatic carbocycles. The molecule has 0 aliphatic carbocycles. The molecule has 0 bridgehead atoms. The van der Waals surface area contributed by atoms with E-state index in [1.165, 1.54) is 0 Å². The molecule has 0 aliphatic heterocycles. The van der Waals surface area contributed by atoms with Crippen LogP contribution < -0.4 is 4.74 Å². The lowest BCUT2D eigenvalue weighted by atomic mass is 10.3. The van der Waals surface area contributed by atoms with Gasteiger partial charge in [0.2, 0.25) is 0 Å². The summed E-state index contributed by atoms with van der Waals surface area (Å²) < 4.78 is 5.97. The van der Waals surface area contributed by atoms with Crippen molar-refractivity contribution in [1.29, 1.82) is 5.26 Å². The Labute approximate surface area is 101 Å². The highest BCUT2D eigenvalue weighted by Gasteiger charge is 2.06. The van der Waals surface area contributed by atoms with Gasteiger partial charge in [0.05, 0.1) is 22.5 Å². The first-order valence-electron chi connectivity index (χ1n) is 3.79. The molecule has 0 heterocycles. The molecule has 14 heavy (non-hydrogen) atoms. The van der Waals surface area contributed by atoms with Gasteiger partial charge >= 0.3 is 0 Å². The Morgan fingerprint density at radius 2 is 2.07 bits per heavy atom. The maximum absolute atomic E-state index is 8.32. The van der Waals surface area contributed by atoms with Crippen molar-refractivity contribution < 1.29 is 4.74 Å². The van der Waals surface area contributed by atoms with E-state index in [9.17, 15) is 0 Å². The second-order valence-electron chi connectivity index (χ2n) is 2.45. The van der Waals surface area contributed by atoms with Crippen LogP contribution in [0.5, 0.6) is 5.75 Å². The highest BCUT2D eigenvalue weighted by atomic mass is 79.9. The van der Waals surface area contributed by atoms with E-state index in [0.717, 1.165) is 4.47 Å². The summed E-state index contributed by atoms with van der Waals surface area (Å²) in [4.78, 5) is 0. The summed E-state index contributed by atoms with van der Waals surface area (Å²) in [6, 6.07) is 5.25. The number of benzene rings is 1. The van der Waals surface area contributed by atoms with Gasteiger partial charge in [0, 0.05) is 10.5 Å². The Balaban J connectivity index is 2.78. The summed E-state index contributed by atoms with van der Waals surface area (Å²) in [5.41, 5.74) is 0. The average molecular weight is 295 g/mol. The minimum atomic E-state index is 0.314. The number of hydrogen-bond acceptors (Lipinski definition) is 2. The fourth-order valence-corrected chi connectivity index (χ4v) is 1.67. The van der Waals surface area contributed by atoms with Crippen molar-refractivity contribution in [3.63, 3.8) is 0 Å². The minimum absolute atomic E-state index is 0.314. The van der Waals surface area contributed by atoms with E-state index in [1.54, 1.807) is 12.1 Å². The molecule has 1 aromatic rings. The summed E-state index contributed by atoms with van der Waals surface area (Å²) in [7, 11) is 0. The third-order valence-electron chi connectivity index (χ3n) is 1.45. The topological polar surface area (TPSA) is 33.0 Å². The zero-order chi connectivity index (χ0) is 10.6. The normalized spacial score (nSPS) is 9.57. The van der Waals surface area contributed by atoms with Crippen LogP contribution in [0.25, 0.3) is 0 Å². The SMILES string of the molecule is N#CCCOc1cc(Cl)c(Br)cc1Cl. The van der Waals surface area contributed by atoms with E-state index in [2.05, 4.69) is 15.9 Å². The van der Waals surface area contributed by atoms with Crippen molar-refractivity contribution in [2.24, 2.45) is 0 Å². The molecule has 0 fully saturated rings. The van der Waals surface area contributed by atoms with Gasteiger partial charge in [0.25, 0.3) is 0 Å². The predicted octanol–water partition coefficient (Wildman–Crippen LogP) is 4.05. The number of nitrogens with zero attached hydrogens (tertiary/aromatic N) is 1. The molecule has 0 spiro atoms. The second-order valence-corrected chi connectivity index (χ2v) is 4.12. The summed E-state index contributed by atoms with van der Waals surface area (Å²) in [6.07, 6.45) is 0.323. The van der Waals surface area contributed by atoms with Crippen LogP contribution in [0.4, 0.5) is 0 Å². The minimum Gasteiger partial charge on any atom is -0.491 e. The molecule has 0 amide bonds. The van der Waals surface area contributed by atoms with E-state index in [-0.39, 0.29) is 0 Å². The van der Waals surface area contributed by atoms with Crippen molar-refractivity contribution in [3.8, 4) is 11.8 Å². The van der Waals surface area contributed by atoms with Gasteiger partial charge in [0.15, 0.2) is 0 Å². The molecule has 0 N–H and O–H groups in total. The van der Waals surface area contributed by atoms with E-state index >= 15 is 0 Å². The first-order chi connectivity index (χ1) is 6.65. The summed E-state index contributed by atoms with van der Waals surface area (Å²) in [6.45, 7) is 0.314. The number of rotatable bonds is 3. The van der Waals surface area contributed by atoms with E-state index in [0.29, 0.717) is 28.8 Å². The molecule has 0 radical (unpaired) electrons. The molecule has 74 valence electrons. The van der Waals surface area contributed by atoms with Crippen LogP contribution in [-0.2, 0) is 0 Å². The Hall–Kier alpha value is -0.430. The lowest BCUT2D eigenvalue weighted by molar-refractivity contribution is 0.327. The lowest BCUT2D eigenvalue weighted by Gasteiger charge is -2.07. The molecule has 2 nitrogen and oxygen atoms in total. The van der Waals surface area contributed by atoms with Crippen LogP contribution in [0.2, 0.25) is 10.0 Å². The van der Waals surface area contributed by atoms with Crippen molar-refractivity contribution in [2.45, 2.75) is 6.42 Å². The molecule has 0 unspecified atom stereocenters. The Kier molecular flexibility index (Phi) is 4.53. The summed E-state index contributed by atoms with van der Waals surface area (Å²) in [5.74, 6) is 0.495. The van der Waals surface area contributed by atoms with E-state index < -0.39 is 0 Å². The lowest BCUT2D eigenvalue weighted by Crippen LogP contribution is -1.96. The van der Waals surface area contributed by atoms with Crippen molar-refractivity contribution >= 4 is 39.1 Å². The molecular formula is C9H6BrCl2NO. The van der Waals surface area contributed by atoms with Crippen LogP contribution >= 0.6 is 39.1 Å². The van der Waals surface area contributed by atoms with Gasteiger partial charge in [-0.2, -0.15) is 5.26 Å². The summed E-state index contributed by atoms with van der Waals surface area (Å²) in [5, 5.41) is 9.32. The van der Waals surface area contributed by atoms with Crippen LogP contribution in [0.15, 0.2) is 16.6 Å². The average Bonchev–Trinajstić information content (AvgIpc) is 2.14. The van der Waals surface area contributed by atoms with Crippen molar-refractivity contribution in [1.82, 2.24) is 0 Å². The molecule has 0 saturated heterocycles. The Morgan fingerprint density at radius 3 is 2.71 bits per heavy atom. The summed E-state index contributed by atoms with van der Waals surface area (Å²) >= 11 is 15.0. The number of hydrogen-bond donors (Lipinski definition) is 0. The third kappa shape index (κ3) is 3.06. The second kappa shape index (κ2) is 5.45. The maximum Gasteiger partial charge on any atom is 0.139 e. The molecule has 1 rings (SSSR count). The molecule has 5 heteroatoms. The number of halogens is 3. The van der Waals surface area contributed by atoms with Gasteiger partial charge in [0.1, 0.15) is 12.4 Å². The van der Waals surface area contributed by atoms with Crippen LogP contribution in [0.3, 0.4) is 0 Å². The predicted molar refractivity (Wildman–Crippen MR) is 59.9 cm³/mol. The standard InChI is InChI=1S/C9H6BrCl2NO/c10-6-4-8(12)9(5-7(6)11)14-3-1-2-13/h4-5H,1,3H2. The molecule has 0 aliphatic rings. The van der Waals surface area contributed by atoms with E-state index in [4.69, 9.17) is 33.2 Å². The highest BCUT2D eigenvalue weighted by molar-refractivity contribution is 9.10. The van der Waals surface area contributed by atoms with Crippen molar-refractivity contribution in [3.05, 3.63) is 26.7 Å². The van der Waals surface area contributed by atoms with Gasteiger partial charge in [-0.1, -0.05) is 23.2 Å². The number of nitriles is 1. The first-order valence-corrected chi connectivity index (χ1v) is 5.34. The quantitative estimate of drug-likeness (QED) is 0.622. The van der Waals surface area contributed by atoms with Gasteiger partial charge in [-0.25, -0.2) is 0 Å². The number of ether oxygens (including phenoxy) is 1. The third-order valence-corrected chi connectivity index (χ3v) is 2.94. The zero-order valence-electron chi connectivity index (χ0n) is 7.06. The highest BCUT2D eigenvalue weighted by Crippen LogP contribution is 2.33. The Bertz CT molecular complexity index is 376. The molecule has 0 atom stereocenters. The van der Waals surface area contributed by atoms with Crippen LogP contribution in [0.1, 0.15) is 6.42 Å². The van der Waals surface area contributed by atoms with Gasteiger partial charge in [-0.05, 0) is 22.0 Å². The largest absolute Gasteiger partial charge is 0.491 e.